The van der Waals surface area contributed by atoms with Crippen molar-refractivity contribution in [2.24, 2.45) is 4.99 Å². The Bertz CT molecular complexity index is 874. The van der Waals surface area contributed by atoms with Gasteiger partial charge in [0.05, 0.1) is 4.92 Å². The smallest absolute Gasteiger partial charge is 0.363 e. The van der Waals surface area contributed by atoms with Gasteiger partial charge in [0, 0.05) is 22.7 Å². The molecule has 0 atom stereocenters. The highest BCUT2D eigenvalue weighted by molar-refractivity contribution is 6.30. The third-order valence-corrected chi connectivity index (χ3v) is 3.31. The molecule has 7 heteroatoms. The van der Waals surface area contributed by atoms with E-state index < -0.39 is 10.9 Å². The van der Waals surface area contributed by atoms with Crippen LogP contribution in [0.1, 0.15) is 11.1 Å². The lowest BCUT2D eigenvalue weighted by Gasteiger charge is -1.98. The maximum atomic E-state index is 11.9. The van der Waals surface area contributed by atoms with Crippen molar-refractivity contribution < 1.29 is 14.5 Å². The summed E-state index contributed by atoms with van der Waals surface area (Å²) in [6.07, 6.45) is 1.54. The number of esters is 1. The minimum absolute atomic E-state index is 0.0342. The molecule has 23 heavy (non-hydrogen) atoms. The van der Waals surface area contributed by atoms with Crippen LogP contribution in [0, 0.1) is 10.1 Å². The Morgan fingerprint density at radius 3 is 2.70 bits per heavy atom. The van der Waals surface area contributed by atoms with E-state index in [2.05, 4.69) is 4.99 Å². The molecule has 0 fully saturated rings. The molecule has 2 aromatic rings. The average molecular weight is 329 g/mol. The first-order valence-corrected chi connectivity index (χ1v) is 6.94. The Hall–Kier alpha value is -2.99. The molecule has 0 amide bonds. The van der Waals surface area contributed by atoms with Gasteiger partial charge in [-0.25, -0.2) is 9.79 Å². The highest BCUT2D eigenvalue weighted by Gasteiger charge is 2.25. The second-order valence-electron chi connectivity index (χ2n) is 4.70. The van der Waals surface area contributed by atoms with Crippen molar-refractivity contribution in [3.05, 3.63) is 80.5 Å². The fourth-order valence-corrected chi connectivity index (χ4v) is 2.24. The summed E-state index contributed by atoms with van der Waals surface area (Å²) in [6, 6.07) is 12.7. The highest BCUT2D eigenvalue weighted by atomic mass is 35.5. The first kappa shape index (κ1) is 14.9. The molecular weight excluding hydrogens is 320 g/mol. The Kier molecular flexibility index (Phi) is 3.91. The number of nitro benzene ring substituents is 1. The number of rotatable bonds is 3. The zero-order valence-corrected chi connectivity index (χ0v) is 12.4. The maximum Gasteiger partial charge on any atom is 0.363 e. The molecule has 6 nitrogen and oxygen atoms in total. The number of benzene rings is 2. The van der Waals surface area contributed by atoms with Gasteiger partial charge < -0.3 is 4.74 Å². The summed E-state index contributed by atoms with van der Waals surface area (Å²) in [5.41, 5.74) is 1.07. The van der Waals surface area contributed by atoms with Crippen LogP contribution < -0.4 is 0 Å². The van der Waals surface area contributed by atoms with Crippen molar-refractivity contribution in [2.75, 3.05) is 0 Å². The van der Waals surface area contributed by atoms with Gasteiger partial charge in [-0.2, -0.15) is 0 Å². The van der Waals surface area contributed by atoms with E-state index >= 15 is 0 Å². The molecule has 0 N–H and O–H groups in total. The van der Waals surface area contributed by atoms with E-state index in [0.717, 1.165) is 0 Å². The molecule has 0 spiro atoms. The lowest BCUT2D eigenvalue weighted by Crippen LogP contribution is -2.05. The van der Waals surface area contributed by atoms with Crippen LogP contribution in [0.25, 0.3) is 6.08 Å². The van der Waals surface area contributed by atoms with E-state index in [-0.39, 0.29) is 17.3 Å². The Labute approximate surface area is 135 Å². The number of hydrogen-bond donors (Lipinski definition) is 0. The number of ether oxygens (including phenoxy) is 1. The molecule has 2 aromatic carbocycles. The first-order chi connectivity index (χ1) is 11.0. The third kappa shape index (κ3) is 3.27. The Morgan fingerprint density at radius 1 is 1.17 bits per heavy atom. The zero-order valence-electron chi connectivity index (χ0n) is 11.6. The third-order valence-electron chi connectivity index (χ3n) is 3.08. The van der Waals surface area contributed by atoms with E-state index in [1.807, 2.05) is 0 Å². The van der Waals surface area contributed by atoms with E-state index in [1.54, 1.807) is 36.4 Å². The molecule has 1 aliphatic heterocycles. The van der Waals surface area contributed by atoms with Crippen molar-refractivity contribution in [1.82, 2.24) is 0 Å². The minimum atomic E-state index is -0.619. The summed E-state index contributed by atoms with van der Waals surface area (Å²) in [5.74, 6) is -0.585. The van der Waals surface area contributed by atoms with Crippen LogP contribution in [-0.4, -0.2) is 16.8 Å². The number of halogens is 1. The molecule has 1 heterocycles. The van der Waals surface area contributed by atoms with Gasteiger partial charge in [-0.15, -0.1) is 0 Å². The molecule has 0 aromatic heterocycles. The van der Waals surface area contributed by atoms with E-state index in [9.17, 15) is 14.9 Å². The van der Waals surface area contributed by atoms with Crippen LogP contribution in [0.4, 0.5) is 5.69 Å². The lowest BCUT2D eigenvalue weighted by atomic mass is 10.2. The molecule has 114 valence electrons. The minimum Gasteiger partial charge on any atom is -0.402 e. The van der Waals surface area contributed by atoms with Crippen molar-refractivity contribution in [1.29, 1.82) is 0 Å². The Morgan fingerprint density at radius 2 is 1.96 bits per heavy atom. The number of aliphatic imine (C=N–C) groups is 1. The fourth-order valence-electron chi connectivity index (χ4n) is 2.04. The topological polar surface area (TPSA) is 81.8 Å². The highest BCUT2D eigenvalue weighted by Crippen LogP contribution is 2.22. The standard InChI is InChI=1S/C16H9ClN2O4/c17-12-5-1-3-10(7-12)8-14-16(20)23-15(18-14)11-4-2-6-13(9-11)19(21)22/h1-9H/b14-8+. The second-order valence-corrected chi connectivity index (χ2v) is 5.13. The van der Waals surface area contributed by atoms with Crippen LogP contribution in [0.2, 0.25) is 5.02 Å². The monoisotopic (exact) mass is 328 g/mol. The summed E-state index contributed by atoms with van der Waals surface area (Å²) >= 11 is 5.89. The molecule has 0 saturated heterocycles. The quantitative estimate of drug-likeness (QED) is 0.373. The van der Waals surface area contributed by atoms with Gasteiger partial charge in [0.2, 0.25) is 5.90 Å². The van der Waals surface area contributed by atoms with E-state index in [1.165, 1.54) is 18.2 Å². The van der Waals surface area contributed by atoms with Gasteiger partial charge >= 0.3 is 5.97 Å². The first-order valence-electron chi connectivity index (χ1n) is 6.56. The molecule has 0 radical (unpaired) electrons. The SMILES string of the molecule is O=C1OC(c2cccc([N+](=O)[O-])c2)=N/C1=C/c1cccc(Cl)c1. The maximum absolute atomic E-state index is 11.9. The van der Waals surface area contributed by atoms with Crippen LogP contribution in [-0.2, 0) is 9.53 Å². The normalized spacial score (nSPS) is 15.4. The van der Waals surface area contributed by atoms with E-state index in [0.29, 0.717) is 16.1 Å². The number of nitrogens with zero attached hydrogens (tertiary/aromatic N) is 2. The molecule has 0 unspecified atom stereocenters. The predicted molar refractivity (Wildman–Crippen MR) is 85.2 cm³/mol. The summed E-state index contributed by atoms with van der Waals surface area (Å²) in [5, 5.41) is 11.3. The molecule has 1 aliphatic rings. The summed E-state index contributed by atoms with van der Waals surface area (Å²) in [7, 11) is 0. The molecular formula is C16H9ClN2O4. The van der Waals surface area contributed by atoms with Gasteiger partial charge in [-0.05, 0) is 29.8 Å². The second kappa shape index (κ2) is 6.02. The average Bonchev–Trinajstić information content (AvgIpc) is 2.88. The number of carbonyl (C=O) groups excluding carboxylic acids is 1. The van der Waals surface area contributed by atoms with Gasteiger partial charge in [0.15, 0.2) is 5.70 Å². The number of non-ortho nitro benzene ring substituents is 1. The van der Waals surface area contributed by atoms with Crippen molar-refractivity contribution in [2.45, 2.75) is 0 Å². The van der Waals surface area contributed by atoms with Crippen molar-refractivity contribution in [3.63, 3.8) is 0 Å². The summed E-state index contributed by atoms with van der Waals surface area (Å²) in [6.45, 7) is 0. The van der Waals surface area contributed by atoms with Crippen LogP contribution in [0.5, 0.6) is 0 Å². The van der Waals surface area contributed by atoms with Crippen LogP contribution in [0.15, 0.2) is 59.2 Å². The number of nitro groups is 1. The molecule has 0 saturated carbocycles. The van der Waals surface area contributed by atoms with Gasteiger partial charge in [0.1, 0.15) is 0 Å². The van der Waals surface area contributed by atoms with E-state index in [4.69, 9.17) is 16.3 Å². The van der Waals surface area contributed by atoms with Gasteiger partial charge in [-0.1, -0.05) is 29.8 Å². The molecule has 0 bridgehead atoms. The summed E-state index contributed by atoms with van der Waals surface area (Å²) < 4.78 is 5.08. The fraction of sp³-hybridized carbons (Fsp3) is 0. The lowest BCUT2D eigenvalue weighted by molar-refractivity contribution is -0.384. The molecule has 3 rings (SSSR count). The molecule has 0 aliphatic carbocycles. The zero-order chi connectivity index (χ0) is 16.4. The number of cyclic esters (lactones) is 1. The number of hydrogen-bond acceptors (Lipinski definition) is 5. The number of carbonyl (C=O) groups is 1. The largest absolute Gasteiger partial charge is 0.402 e. The van der Waals surface area contributed by atoms with Crippen molar-refractivity contribution >= 4 is 35.2 Å². The summed E-state index contributed by atoms with van der Waals surface area (Å²) in [4.78, 5) is 26.3. The Balaban J connectivity index is 1.95. The van der Waals surface area contributed by atoms with Gasteiger partial charge in [-0.3, -0.25) is 10.1 Å². The van der Waals surface area contributed by atoms with Crippen LogP contribution >= 0.6 is 11.6 Å². The van der Waals surface area contributed by atoms with Crippen LogP contribution in [0.3, 0.4) is 0 Å². The van der Waals surface area contributed by atoms with Crippen molar-refractivity contribution in [3.8, 4) is 0 Å². The van der Waals surface area contributed by atoms with Gasteiger partial charge in [0.25, 0.3) is 5.69 Å². The predicted octanol–water partition coefficient (Wildman–Crippen LogP) is 3.59.